The van der Waals surface area contributed by atoms with Gasteiger partial charge < -0.3 is 4.74 Å². The van der Waals surface area contributed by atoms with Gasteiger partial charge in [-0.1, -0.05) is 20.8 Å². The van der Waals surface area contributed by atoms with Crippen LogP contribution in [0.2, 0.25) is 0 Å². The molecule has 16 heavy (non-hydrogen) atoms. The van der Waals surface area contributed by atoms with E-state index in [1.54, 1.807) is 0 Å². The van der Waals surface area contributed by atoms with Gasteiger partial charge >= 0.3 is 5.97 Å². The van der Waals surface area contributed by atoms with Crippen LogP contribution in [0.15, 0.2) is 0 Å². The largest absolute Gasteiger partial charge is 0.469 e. The van der Waals surface area contributed by atoms with Crippen molar-refractivity contribution in [1.29, 1.82) is 0 Å². The zero-order valence-electron chi connectivity index (χ0n) is 11.0. The quantitative estimate of drug-likeness (QED) is 0.687. The monoisotopic (exact) mass is 224 g/mol. The first kappa shape index (κ1) is 11.9. The first-order valence-electron chi connectivity index (χ1n) is 6.48. The highest BCUT2D eigenvalue weighted by atomic mass is 16.5. The van der Waals surface area contributed by atoms with Crippen LogP contribution in [0, 0.1) is 22.7 Å². The molecule has 0 N–H and O–H groups in total. The van der Waals surface area contributed by atoms with E-state index in [9.17, 15) is 4.79 Å². The van der Waals surface area contributed by atoms with E-state index in [4.69, 9.17) is 4.74 Å². The Hall–Kier alpha value is -0.530. The Morgan fingerprint density at radius 2 is 1.88 bits per heavy atom. The molecule has 3 unspecified atom stereocenters. The second-order valence-electron chi connectivity index (χ2n) is 6.42. The molecule has 2 bridgehead atoms. The van der Waals surface area contributed by atoms with Crippen molar-refractivity contribution < 1.29 is 9.53 Å². The van der Waals surface area contributed by atoms with Gasteiger partial charge in [0.15, 0.2) is 0 Å². The summed E-state index contributed by atoms with van der Waals surface area (Å²) in [4.78, 5) is 11.3. The van der Waals surface area contributed by atoms with Crippen molar-refractivity contribution in [3.63, 3.8) is 0 Å². The van der Waals surface area contributed by atoms with Crippen LogP contribution >= 0.6 is 0 Å². The first-order valence-corrected chi connectivity index (χ1v) is 6.48. The number of hydrogen-bond acceptors (Lipinski definition) is 2. The van der Waals surface area contributed by atoms with Crippen LogP contribution in [0.4, 0.5) is 0 Å². The number of esters is 1. The minimum absolute atomic E-state index is 0.0557. The Bertz CT molecular complexity index is 295. The number of fused-ring (bicyclic) bond motifs is 2. The molecule has 2 rings (SSSR count). The zero-order chi connectivity index (χ0) is 12.0. The molecular weight excluding hydrogens is 200 g/mol. The normalized spacial score (nSPS) is 40.0. The minimum Gasteiger partial charge on any atom is -0.469 e. The molecule has 2 fully saturated rings. The molecule has 2 heteroatoms. The van der Waals surface area contributed by atoms with Crippen LogP contribution in [0.3, 0.4) is 0 Å². The Labute approximate surface area is 98.7 Å². The van der Waals surface area contributed by atoms with Crippen LogP contribution in [0.1, 0.15) is 52.9 Å². The van der Waals surface area contributed by atoms with Gasteiger partial charge in [-0.15, -0.1) is 0 Å². The van der Waals surface area contributed by atoms with Crippen molar-refractivity contribution in [2.24, 2.45) is 22.7 Å². The lowest BCUT2D eigenvalue weighted by atomic mass is 9.57. The number of ether oxygens (including phenoxy) is 1. The lowest BCUT2D eigenvalue weighted by Crippen LogP contribution is -2.41. The van der Waals surface area contributed by atoms with Gasteiger partial charge in [0.05, 0.1) is 7.11 Å². The van der Waals surface area contributed by atoms with E-state index in [1.165, 1.54) is 26.4 Å². The summed E-state index contributed by atoms with van der Waals surface area (Å²) in [5.74, 6) is 1.65. The number of carbonyl (C=O) groups excluding carboxylic acids is 1. The maximum absolute atomic E-state index is 11.3. The van der Waals surface area contributed by atoms with Crippen molar-refractivity contribution in [3.8, 4) is 0 Å². The van der Waals surface area contributed by atoms with Crippen LogP contribution in [-0.2, 0) is 9.53 Å². The summed E-state index contributed by atoms with van der Waals surface area (Å²) in [7, 11) is 1.48. The fraction of sp³-hybridized carbons (Fsp3) is 0.929. The average molecular weight is 224 g/mol. The van der Waals surface area contributed by atoms with Gasteiger partial charge in [0, 0.05) is 6.42 Å². The van der Waals surface area contributed by atoms with Gasteiger partial charge in [0.2, 0.25) is 0 Å². The lowest BCUT2D eigenvalue weighted by molar-refractivity contribution is -0.142. The molecule has 2 nitrogen and oxygen atoms in total. The number of carbonyl (C=O) groups is 1. The topological polar surface area (TPSA) is 26.3 Å². The van der Waals surface area contributed by atoms with Gasteiger partial charge in [-0.2, -0.15) is 0 Å². The summed E-state index contributed by atoms with van der Waals surface area (Å²) < 4.78 is 4.76. The van der Waals surface area contributed by atoms with Gasteiger partial charge in [-0.05, 0) is 48.3 Å². The SMILES string of the molecule is COC(=O)CCC1(C)C2CCC(C2)C1(C)C. The molecule has 0 heterocycles. The number of hydrogen-bond donors (Lipinski definition) is 0. The molecule has 0 saturated heterocycles. The van der Waals surface area contributed by atoms with E-state index in [0.717, 1.165) is 18.3 Å². The average Bonchev–Trinajstić information content (AvgIpc) is 2.79. The summed E-state index contributed by atoms with van der Waals surface area (Å²) in [5, 5.41) is 0. The predicted molar refractivity (Wildman–Crippen MR) is 64.0 cm³/mol. The van der Waals surface area contributed by atoms with Gasteiger partial charge in [0.25, 0.3) is 0 Å². The van der Waals surface area contributed by atoms with E-state index >= 15 is 0 Å². The maximum atomic E-state index is 11.3. The Balaban J connectivity index is 2.09. The first-order chi connectivity index (χ1) is 7.41. The van der Waals surface area contributed by atoms with E-state index in [2.05, 4.69) is 20.8 Å². The van der Waals surface area contributed by atoms with Crippen LogP contribution in [0.25, 0.3) is 0 Å². The molecule has 0 spiro atoms. The lowest BCUT2D eigenvalue weighted by Gasteiger charge is -2.48. The molecule has 0 aliphatic heterocycles. The standard InChI is InChI=1S/C14H24O2/c1-13(2)10-5-6-11(9-10)14(13,3)8-7-12(15)16-4/h10-11H,5-9H2,1-4H3. The highest BCUT2D eigenvalue weighted by Gasteiger charge is 2.59. The van der Waals surface area contributed by atoms with Crippen molar-refractivity contribution in [3.05, 3.63) is 0 Å². The molecule has 0 aromatic rings. The third kappa shape index (κ3) is 1.49. The minimum atomic E-state index is -0.0557. The second kappa shape index (κ2) is 3.75. The molecule has 0 aromatic carbocycles. The second-order valence-corrected chi connectivity index (χ2v) is 6.42. The smallest absolute Gasteiger partial charge is 0.305 e. The highest BCUT2D eigenvalue weighted by Crippen LogP contribution is 2.67. The molecule has 3 atom stereocenters. The Morgan fingerprint density at radius 1 is 1.25 bits per heavy atom. The zero-order valence-corrected chi connectivity index (χ0v) is 11.0. The summed E-state index contributed by atoms with van der Waals surface area (Å²) in [5.41, 5.74) is 0.730. The van der Waals surface area contributed by atoms with E-state index in [1.807, 2.05) is 0 Å². The molecule has 92 valence electrons. The summed E-state index contributed by atoms with van der Waals surface area (Å²) in [6.45, 7) is 7.18. The van der Waals surface area contributed by atoms with Crippen LogP contribution in [-0.4, -0.2) is 13.1 Å². The predicted octanol–water partition coefficient (Wildman–Crippen LogP) is 3.40. The van der Waals surface area contributed by atoms with E-state index in [0.29, 0.717) is 17.3 Å². The van der Waals surface area contributed by atoms with Gasteiger partial charge in [0.1, 0.15) is 0 Å². The number of methoxy groups -OCH3 is 1. The molecule has 0 amide bonds. The molecule has 2 aliphatic rings. The summed E-state index contributed by atoms with van der Waals surface area (Å²) in [6, 6.07) is 0. The van der Waals surface area contributed by atoms with Crippen LogP contribution in [0.5, 0.6) is 0 Å². The molecular formula is C14H24O2. The third-order valence-corrected chi connectivity index (χ3v) is 5.90. The van der Waals surface area contributed by atoms with E-state index < -0.39 is 0 Å². The van der Waals surface area contributed by atoms with Crippen molar-refractivity contribution in [2.45, 2.75) is 52.9 Å². The molecule has 2 saturated carbocycles. The maximum Gasteiger partial charge on any atom is 0.305 e. The fourth-order valence-electron chi connectivity index (χ4n) is 4.20. The third-order valence-electron chi connectivity index (χ3n) is 5.90. The van der Waals surface area contributed by atoms with Crippen molar-refractivity contribution in [1.82, 2.24) is 0 Å². The fourth-order valence-corrected chi connectivity index (χ4v) is 4.20. The molecule has 2 aliphatic carbocycles. The van der Waals surface area contributed by atoms with Crippen LogP contribution < -0.4 is 0 Å². The summed E-state index contributed by atoms with van der Waals surface area (Å²) >= 11 is 0. The van der Waals surface area contributed by atoms with Crippen molar-refractivity contribution in [2.75, 3.05) is 7.11 Å². The summed E-state index contributed by atoms with van der Waals surface area (Å²) in [6.07, 6.45) is 5.72. The van der Waals surface area contributed by atoms with Crippen molar-refractivity contribution >= 4 is 5.97 Å². The Kier molecular flexibility index (Phi) is 2.80. The Morgan fingerprint density at radius 3 is 2.38 bits per heavy atom. The highest BCUT2D eigenvalue weighted by molar-refractivity contribution is 5.69. The molecule has 0 radical (unpaired) electrons. The van der Waals surface area contributed by atoms with Gasteiger partial charge in [-0.25, -0.2) is 0 Å². The van der Waals surface area contributed by atoms with E-state index in [-0.39, 0.29) is 5.97 Å². The molecule has 0 aromatic heterocycles. The number of rotatable bonds is 3. The van der Waals surface area contributed by atoms with Gasteiger partial charge in [-0.3, -0.25) is 4.79 Å².